The molecule has 1 aliphatic carbocycles. The molecule has 1 amide bonds. The maximum atomic E-state index is 10.6. The van der Waals surface area contributed by atoms with Gasteiger partial charge in [0.05, 0.1) is 10.9 Å². The van der Waals surface area contributed by atoms with Crippen LogP contribution in [0, 0.1) is 5.41 Å². The highest BCUT2D eigenvalue weighted by molar-refractivity contribution is 9.10. The molecular formula is C14H22BrNO3. The predicted molar refractivity (Wildman–Crippen MR) is 79.8 cm³/mol. The summed E-state index contributed by atoms with van der Waals surface area (Å²) in [7, 11) is 1.65. The van der Waals surface area contributed by atoms with Crippen molar-refractivity contribution in [2.45, 2.75) is 31.5 Å². The van der Waals surface area contributed by atoms with Crippen LogP contribution >= 0.6 is 15.9 Å². The van der Waals surface area contributed by atoms with Crippen LogP contribution in [-0.4, -0.2) is 35.8 Å². The monoisotopic (exact) mass is 331 g/mol. The Hall–Kier alpha value is -0.810. The largest absolute Gasteiger partial charge is 0.465 e. The molecule has 108 valence electrons. The highest BCUT2D eigenvalue weighted by Gasteiger charge is 2.39. The van der Waals surface area contributed by atoms with Crippen LogP contribution in [0.15, 0.2) is 23.3 Å². The number of amides is 1. The van der Waals surface area contributed by atoms with E-state index in [0.29, 0.717) is 13.2 Å². The van der Waals surface area contributed by atoms with Gasteiger partial charge in [-0.05, 0) is 23.0 Å². The van der Waals surface area contributed by atoms with E-state index in [1.54, 1.807) is 7.11 Å². The number of hydrogen-bond acceptors (Lipinski definition) is 2. The van der Waals surface area contributed by atoms with Gasteiger partial charge in [-0.25, -0.2) is 4.79 Å². The second-order valence-corrected chi connectivity index (χ2v) is 7.26. The van der Waals surface area contributed by atoms with E-state index in [9.17, 15) is 4.79 Å². The maximum Gasteiger partial charge on any atom is 0.404 e. The maximum absolute atomic E-state index is 10.6. The second kappa shape index (κ2) is 6.09. The van der Waals surface area contributed by atoms with Gasteiger partial charge in [0.25, 0.3) is 0 Å². The molecule has 0 spiro atoms. The van der Waals surface area contributed by atoms with E-state index < -0.39 is 6.09 Å². The average Bonchev–Trinajstić information content (AvgIpc) is 2.26. The molecule has 0 saturated heterocycles. The number of carbonyl (C=O) groups is 1. The molecule has 19 heavy (non-hydrogen) atoms. The van der Waals surface area contributed by atoms with Crippen molar-refractivity contribution in [1.29, 1.82) is 0 Å². The first kappa shape index (κ1) is 16.2. The number of carboxylic acid groups (broad SMARTS) is 1. The Kier molecular flexibility index (Phi) is 5.21. The number of alkyl halides is 1. The van der Waals surface area contributed by atoms with Crippen molar-refractivity contribution >= 4 is 22.0 Å². The van der Waals surface area contributed by atoms with Gasteiger partial charge in [0, 0.05) is 13.7 Å². The zero-order valence-corrected chi connectivity index (χ0v) is 13.5. The summed E-state index contributed by atoms with van der Waals surface area (Å²) in [6.07, 6.45) is 3.92. The summed E-state index contributed by atoms with van der Waals surface area (Å²) in [5.74, 6) is 0. The van der Waals surface area contributed by atoms with Gasteiger partial charge >= 0.3 is 6.09 Å². The van der Waals surface area contributed by atoms with Gasteiger partial charge in [0.2, 0.25) is 0 Å². The number of halogens is 1. The normalized spacial score (nSPS) is 23.6. The van der Waals surface area contributed by atoms with Gasteiger partial charge in [-0.1, -0.05) is 48.9 Å². The summed E-state index contributed by atoms with van der Waals surface area (Å²) in [4.78, 5) is 10.6. The minimum Gasteiger partial charge on any atom is -0.465 e. The molecule has 4 nitrogen and oxygen atoms in total. The number of methoxy groups -OCH3 is 1. The van der Waals surface area contributed by atoms with Crippen LogP contribution in [0.1, 0.15) is 27.2 Å². The molecule has 1 atom stereocenters. The zero-order valence-electron chi connectivity index (χ0n) is 11.9. The van der Waals surface area contributed by atoms with Crippen molar-refractivity contribution in [1.82, 2.24) is 5.32 Å². The Labute approximate surface area is 123 Å². The van der Waals surface area contributed by atoms with Gasteiger partial charge in [0.1, 0.15) is 0 Å². The molecule has 1 aliphatic rings. The van der Waals surface area contributed by atoms with E-state index in [1.165, 1.54) is 0 Å². The molecule has 0 fully saturated rings. The Balaban J connectivity index is 2.94. The third-order valence-electron chi connectivity index (χ3n) is 3.47. The van der Waals surface area contributed by atoms with Crippen molar-refractivity contribution < 1.29 is 14.6 Å². The van der Waals surface area contributed by atoms with E-state index >= 15 is 0 Å². The van der Waals surface area contributed by atoms with Crippen molar-refractivity contribution in [2.75, 3.05) is 20.3 Å². The third kappa shape index (κ3) is 4.08. The summed E-state index contributed by atoms with van der Waals surface area (Å²) < 4.78 is 5.11. The number of nitrogens with one attached hydrogen (secondary N) is 1. The van der Waals surface area contributed by atoms with Crippen LogP contribution in [-0.2, 0) is 4.74 Å². The lowest BCUT2D eigenvalue weighted by atomic mass is 9.74. The van der Waals surface area contributed by atoms with Crippen molar-refractivity contribution in [3.05, 3.63) is 23.3 Å². The molecule has 1 rings (SSSR count). The first-order valence-electron chi connectivity index (χ1n) is 6.24. The van der Waals surface area contributed by atoms with E-state index in [4.69, 9.17) is 9.84 Å². The SMILES string of the molecule is COCC1=C(CNC(=O)O)C=CC(Br)(C(C)(C)C)C1. The predicted octanol–water partition coefficient (Wildman–Crippen LogP) is 3.34. The molecule has 0 aromatic heterocycles. The quantitative estimate of drug-likeness (QED) is 0.777. The van der Waals surface area contributed by atoms with Crippen LogP contribution in [0.4, 0.5) is 4.79 Å². The van der Waals surface area contributed by atoms with Gasteiger partial charge in [-0.2, -0.15) is 0 Å². The highest BCUT2D eigenvalue weighted by Crippen LogP contribution is 2.46. The number of hydrogen-bond donors (Lipinski definition) is 2. The minimum atomic E-state index is -1.01. The van der Waals surface area contributed by atoms with Crippen LogP contribution in [0.2, 0.25) is 0 Å². The van der Waals surface area contributed by atoms with Crippen LogP contribution in [0.5, 0.6) is 0 Å². The smallest absolute Gasteiger partial charge is 0.404 e. The van der Waals surface area contributed by atoms with E-state index in [1.807, 2.05) is 6.08 Å². The molecule has 0 radical (unpaired) electrons. The number of allylic oxidation sites excluding steroid dienone is 1. The van der Waals surface area contributed by atoms with Crippen molar-refractivity contribution in [3.63, 3.8) is 0 Å². The van der Waals surface area contributed by atoms with Crippen LogP contribution in [0.25, 0.3) is 0 Å². The lowest BCUT2D eigenvalue weighted by molar-refractivity contribution is 0.195. The number of rotatable bonds is 4. The molecule has 5 heteroatoms. The summed E-state index contributed by atoms with van der Waals surface area (Å²) in [5.41, 5.74) is 2.18. The molecule has 0 aromatic carbocycles. The highest BCUT2D eigenvalue weighted by atomic mass is 79.9. The summed E-state index contributed by atoms with van der Waals surface area (Å²) >= 11 is 3.82. The third-order valence-corrected chi connectivity index (χ3v) is 5.20. The average molecular weight is 332 g/mol. The molecule has 0 bridgehead atoms. The lowest BCUT2D eigenvalue weighted by Gasteiger charge is -2.41. The summed E-state index contributed by atoms with van der Waals surface area (Å²) in [6.45, 7) is 7.37. The van der Waals surface area contributed by atoms with Gasteiger partial charge in [0.15, 0.2) is 0 Å². The Morgan fingerprint density at radius 2 is 2.21 bits per heavy atom. The fourth-order valence-electron chi connectivity index (χ4n) is 2.02. The molecule has 0 saturated carbocycles. The first-order chi connectivity index (χ1) is 8.69. The van der Waals surface area contributed by atoms with Crippen molar-refractivity contribution in [2.24, 2.45) is 5.41 Å². The molecule has 0 heterocycles. The van der Waals surface area contributed by atoms with Gasteiger partial charge in [-0.3, -0.25) is 0 Å². The molecular weight excluding hydrogens is 310 g/mol. The molecule has 0 aliphatic heterocycles. The zero-order chi connectivity index (χ0) is 14.7. The second-order valence-electron chi connectivity index (χ2n) is 5.84. The summed E-state index contributed by atoms with van der Waals surface area (Å²) in [5, 5.41) is 11.1. The van der Waals surface area contributed by atoms with E-state index in [-0.39, 0.29) is 9.74 Å². The first-order valence-corrected chi connectivity index (χ1v) is 7.04. The van der Waals surface area contributed by atoms with E-state index in [2.05, 4.69) is 48.1 Å². The lowest BCUT2D eigenvalue weighted by Crippen LogP contribution is -2.38. The standard InChI is InChI=1S/C14H22BrNO3/c1-13(2,3)14(15)6-5-10(8-16-12(17)18)11(7-14)9-19-4/h5-6,16H,7-9H2,1-4H3,(H,17,18). The topological polar surface area (TPSA) is 58.6 Å². The fourth-order valence-corrected chi connectivity index (χ4v) is 2.49. The Morgan fingerprint density at radius 1 is 1.58 bits per heavy atom. The van der Waals surface area contributed by atoms with Gasteiger partial charge < -0.3 is 15.2 Å². The molecule has 1 unspecified atom stereocenters. The number of ether oxygens (including phenoxy) is 1. The van der Waals surface area contributed by atoms with E-state index in [0.717, 1.165) is 17.6 Å². The molecule has 0 aromatic rings. The minimum absolute atomic E-state index is 0.0637. The fraction of sp³-hybridized carbons (Fsp3) is 0.643. The van der Waals surface area contributed by atoms with Crippen molar-refractivity contribution in [3.8, 4) is 0 Å². The Morgan fingerprint density at radius 3 is 2.68 bits per heavy atom. The van der Waals surface area contributed by atoms with Gasteiger partial charge in [-0.15, -0.1) is 0 Å². The molecule has 2 N–H and O–H groups in total. The Bertz CT molecular complexity index is 409. The summed E-state index contributed by atoms with van der Waals surface area (Å²) in [6, 6.07) is 0. The van der Waals surface area contributed by atoms with Crippen LogP contribution < -0.4 is 5.32 Å². The van der Waals surface area contributed by atoms with Crippen LogP contribution in [0.3, 0.4) is 0 Å².